The molecule has 0 aliphatic heterocycles. The number of aliphatic hydroxyl groups is 1. The van der Waals surface area contributed by atoms with Crippen LogP contribution in [-0.4, -0.2) is 17.8 Å². The Morgan fingerprint density at radius 1 is 1.53 bits per heavy atom. The second kappa shape index (κ2) is 5.38. The quantitative estimate of drug-likeness (QED) is 0.879. The highest BCUT2D eigenvalue weighted by Crippen LogP contribution is 2.39. The lowest BCUT2D eigenvalue weighted by molar-refractivity contribution is 0.121. The summed E-state index contributed by atoms with van der Waals surface area (Å²) < 4.78 is 6.50. The monoisotopic (exact) mass is 299 g/mol. The van der Waals surface area contributed by atoms with E-state index in [1.54, 1.807) is 0 Å². The molecule has 0 bridgehead atoms. The minimum atomic E-state index is -0.469. The van der Waals surface area contributed by atoms with Crippen LogP contribution in [-0.2, 0) is 0 Å². The molecule has 1 fully saturated rings. The maximum Gasteiger partial charge on any atom is 0.124 e. The molecule has 0 saturated heterocycles. The normalized spacial score (nSPS) is 18.8. The van der Waals surface area contributed by atoms with Gasteiger partial charge in [-0.2, -0.15) is 0 Å². The predicted molar refractivity (Wildman–Crippen MR) is 71.0 cm³/mol. The van der Waals surface area contributed by atoms with Crippen LogP contribution in [0.5, 0.6) is 5.75 Å². The van der Waals surface area contributed by atoms with Crippen molar-refractivity contribution in [3.8, 4) is 5.75 Å². The van der Waals surface area contributed by atoms with Crippen molar-refractivity contribution in [1.82, 2.24) is 0 Å². The van der Waals surface area contributed by atoms with Crippen molar-refractivity contribution in [3.05, 3.63) is 28.2 Å². The third-order valence-corrected chi connectivity index (χ3v) is 3.60. The first-order valence-electron chi connectivity index (χ1n) is 5.99. The summed E-state index contributed by atoms with van der Waals surface area (Å²) in [5, 5.41) is 10.1. The standard InChI is InChI=1S/C13H18BrNO2/c1-2-17-11-6-5-9(14)7-10(11)12(15)13(16)8-3-4-8/h5-8,12-13,16H,2-4,15H2,1H3/t12-,13+/m0/s1. The average molecular weight is 300 g/mol. The van der Waals surface area contributed by atoms with Gasteiger partial charge in [0.15, 0.2) is 0 Å². The lowest BCUT2D eigenvalue weighted by Gasteiger charge is -2.21. The molecular formula is C13H18BrNO2. The first kappa shape index (κ1) is 12.9. The van der Waals surface area contributed by atoms with Gasteiger partial charge in [-0.1, -0.05) is 15.9 Å². The van der Waals surface area contributed by atoms with Crippen molar-refractivity contribution < 1.29 is 9.84 Å². The molecule has 3 N–H and O–H groups in total. The van der Waals surface area contributed by atoms with Crippen LogP contribution >= 0.6 is 15.9 Å². The Bertz CT molecular complexity index is 393. The predicted octanol–water partition coefficient (Wildman–Crippen LogP) is 2.62. The number of aliphatic hydroxyl groups excluding tert-OH is 1. The average Bonchev–Trinajstić information content (AvgIpc) is 3.14. The minimum absolute atomic E-state index is 0.360. The third-order valence-electron chi connectivity index (χ3n) is 3.10. The van der Waals surface area contributed by atoms with Gasteiger partial charge < -0.3 is 15.6 Å². The topological polar surface area (TPSA) is 55.5 Å². The molecule has 0 spiro atoms. The van der Waals surface area contributed by atoms with E-state index in [-0.39, 0.29) is 6.04 Å². The van der Waals surface area contributed by atoms with E-state index in [1.807, 2.05) is 25.1 Å². The van der Waals surface area contributed by atoms with Gasteiger partial charge in [0.1, 0.15) is 5.75 Å². The summed E-state index contributed by atoms with van der Waals surface area (Å²) in [5.74, 6) is 1.13. The molecule has 0 unspecified atom stereocenters. The maximum absolute atomic E-state index is 10.1. The molecule has 1 aromatic rings. The van der Waals surface area contributed by atoms with Crippen LogP contribution in [0.2, 0.25) is 0 Å². The molecule has 94 valence electrons. The summed E-state index contributed by atoms with van der Waals surface area (Å²) in [6.07, 6.45) is 1.68. The highest BCUT2D eigenvalue weighted by atomic mass is 79.9. The van der Waals surface area contributed by atoms with E-state index in [0.29, 0.717) is 12.5 Å². The maximum atomic E-state index is 10.1. The molecule has 1 aliphatic carbocycles. The van der Waals surface area contributed by atoms with Crippen molar-refractivity contribution in [2.75, 3.05) is 6.61 Å². The summed E-state index contributed by atoms with van der Waals surface area (Å²) in [7, 11) is 0. The van der Waals surface area contributed by atoms with E-state index in [9.17, 15) is 5.11 Å². The number of rotatable bonds is 5. The molecule has 2 atom stereocenters. The molecule has 2 rings (SSSR count). The molecule has 0 heterocycles. The van der Waals surface area contributed by atoms with Crippen LogP contribution in [0.4, 0.5) is 0 Å². The molecule has 0 radical (unpaired) electrons. The number of nitrogens with two attached hydrogens (primary N) is 1. The number of halogens is 1. The second-order valence-corrected chi connectivity index (χ2v) is 5.38. The highest BCUT2D eigenvalue weighted by molar-refractivity contribution is 9.10. The van der Waals surface area contributed by atoms with E-state index in [2.05, 4.69) is 15.9 Å². The molecule has 0 amide bonds. The molecule has 3 nitrogen and oxygen atoms in total. The summed E-state index contributed by atoms with van der Waals surface area (Å²) in [5.41, 5.74) is 7.00. The molecule has 17 heavy (non-hydrogen) atoms. The van der Waals surface area contributed by atoms with Crippen LogP contribution in [0.3, 0.4) is 0 Å². The van der Waals surface area contributed by atoms with Crippen molar-refractivity contribution in [3.63, 3.8) is 0 Å². The van der Waals surface area contributed by atoms with Crippen molar-refractivity contribution >= 4 is 15.9 Å². The first-order valence-corrected chi connectivity index (χ1v) is 6.78. The zero-order valence-electron chi connectivity index (χ0n) is 9.90. The summed E-state index contributed by atoms with van der Waals surface area (Å²) in [6, 6.07) is 5.37. The number of benzene rings is 1. The Morgan fingerprint density at radius 3 is 2.82 bits per heavy atom. The van der Waals surface area contributed by atoms with E-state index in [1.165, 1.54) is 0 Å². The van der Waals surface area contributed by atoms with E-state index >= 15 is 0 Å². The number of hydrogen-bond acceptors (Lipinski definition) is 3. The van der Waals surface area contributed by atoms with Gasteiger partial charge in [-0.15, -0.1) is 0 Å². The Kier molecular flexibility index (Phi) is 4.07. The Balaban J connectivity index is 2.24. The van der Waals surface area contributed by atoms with E-state index in [0.717, 1.165) is 28.6 Å². The molecule has 1 saturated carbocycles. The van der Waals surface area contributed by atoms with Crippen molar-refractivity contribution in [2.24, 2.45) is 11.7 Å². The zero-order valence-corrected chi connectivity index (χ0v) is 11.5. The van der Waals surface area contributed by atoms with Crippen LogP contribution < -0.4 is 10.5 Å². The van der Waals surface area contributed by atoms with Gasteiger partial charge in [-0.25, -0.2) is 0 Å². The Labute approximate surface area is 110 Å². The van der Waals surface area contributed by atoms with Gasteiger partial charge in [0.05, 0.1) is 18.8 Å². The van der Waals surface area contributed by atoms with E-state index in [4.69, 9.17) is 10.5 Å². The summed E-state index contributed by atoms with van der Waals surface area (Å²) >= 11 is 3.42. The first-order chi connectivity index (χ1) is 8.13. The van der Waals surface area contributed by atoms with Crippen LogP contribution in [0.25, 0.3) is 0 Å². The molecule has 1 aliphatic rings. The van der Waals surface area contributed by atoms with Crippen molar-refractivity contribution in [2.45, 2.75) is 31.9 Å². The van der Waals surface area contributed by atoms with Gasteiger partial charge in [0.2, 0.25) is 0 Å². The van der Waals surface area contributed by atoms with Gasteiger partial charge in [0, 0.05) is 10.0 Å². The van der Waals surface area contributed by atoms with Gasteiger partial charge >= 0.3 is 0 Å². The fourth-order valence-electron chi connectivity index (χ4n) is 1.98. The molecular weight excluding hydrogens is 282 g/mol. The third kappa shape index (κ3) is 3.00. The van der Waals surface area contributed by atoms with Crippen LogP contribution in [0.15, 0.2) is 22.7 Å². The largest absolute Gasteiger partial charge is 0.494 e. The Hall–Kier alpha value is -0.580. The number of ether oxygens (including phenoxy) is 1. The SMILES string of the molecule is CCOc1ccc(Br)cc1[C@H](N)[C@H](O)C1CC1. The zero-order chi connectivity index (χ0) is 12.4. The fraction of sp³-hybridized carbons (Fsp3) is 0.538. The van der Waals surface area contributed by atoms with Gasteiger partial charge in [-0.05, 0) is 43.9 Å². The number of hydrogen-bond donors (Lipinski definition) is 2. The van der Waals surface area contributed by atoms with Crippen LogP contribution in [0.1, 0.15) is 31.4 Å². The second-order valence-electron chi connectivity index (χ2n) is 4.47. The summed E-state index contributed by atoms with van der Waals surface area (Å²) in [4.78, 5) is 0. The van der Waals surface area contributed by atoms with E-state index < -0.39 is 6.10 Å². The Morgan fingerprint density at radius 2 is 2.24 bits per heavy atom. The van der Waals surface area contributed by atoms with Gasteiger partial charge in [-0.3, -0.25) is 0 Å². The molecule has 4 heteroatoms. The lowest BCUT2D eigenvalue weighted by atomic mass is 9.98. The van der Waals surface area contributed by atoms with Crippen molar-refractivity contribution in [1.29, 1.82) is 0 Å². The van der Waals surface area contributed by atoms with Crippen LogP contribution in [0, 0.1) is 5.92 Å². The highest BCUT2D eigenvalue weighted by Gasteiger charge is 2.35. The summed E-state index contributed by atoms with van der Waals surface area (Å²) in [6.45, 7) is 2.54. The fourth-order valence-corrected chi connectivity index (χ4v) is 2.36. The lowest BCUT2D eigenvalue weighted by Crippen LogP contribution is -2.28. The van der Waals surface area contributed by atoms with Gasteiger partial charge in [0.25, 0.3) is 0 Å². The minimum Gasteiger partial charge on any atom is -0.494 e. The smallest absolute Gasteiger partial charge is 0.124 e. The molecule has 0 aromatic heterocycles. The molecule has 1 aromatic carbocycles.